The van der Waals surface area contributed by atoms with Crippen molar-refractivity contribution in [2.24, 2.45) is 0 Å². The number of nitrogens with zero attached hydrogens (tertiary/aromatic N) is 1. The first-order chi connectivity index (χ1) is 10.2. The fraction of sp³-hybridized carbons (Fsp3) is 0.471. The van der Waals surface area contributed by atoms with Crippen LogP contribution in [0.2, 0.25) is 0 Å². The van der Waals surface area contributed by atoms with Crippen LogP contribution in [0.25, 0.3) is 0 Å². The number of carbonyl (C=O) groups is 1. The van der Waals surface area contributed by atoms with Gasteiger partial charge >= 0.3 is 0 Å². The van der Waals surface area contributed by atoms with Crippen LogP contribution in [0.15, 0.2) is 24.3 Å². The molecule has 114 valence electrons. The van der Waals surface area contributed by atoms with Gasteiger partial charge in [-0.05, 0) is 44.3 Å². The third-order valence-corrected chi connectivity index (χ3v) is 3.27. The summed E-state index contributed by atoms with van der Waals surface area (Å²) >= 11 is 0. The molecule has 1 rings (SSSR count). The maximum atomic E-state index is 12.0. The van der Waals surface area contributed by atoms with Crippen molar-refractivity contribution >= 4 is 5.91 Å². The van der Waals surface area contributed by atoms with E-state index < -0.39 is 0 Å². The van der Waals surface area contributed by atoms with Gasteiger partial charge in [0.2, 0.25) is 0 Å². The van der Waals surface area contributed by atoms with Gasteiger partial charge in [0.25, 0.3) is 5.91 Å². The van der Waals surface area contributed by atoms with Crippen LogP contribution in [-0.4, -0.2) is 48.7 Å². The molecule has 0 heterocycles. The molecule has 0 atom stereocenters. The van der Waals surface area contributed by atoms with E-state index in [1.807, 2.05) is 6.07 Å². The lowest BCUT2D eigenvalue weighted by molar-refractivity contribution is 0.0952. The van der Waals surface area contributed by atoms with Gasteiger partial charge in [0.1, 0.15) is 6.61 Å². The maximum absolute atomic E-state index is 12.0. The molecule has 0 aromatic heterocycles. The van der Waals surface area contributed by atoms with Crippen LogP contribution in [0.5, 0.6) is 0 Å². The van der Waals surface area contributed by atoms with Gasteiger partial charge < -0.3 is 15.3 Å². The number of benzene rings is 1. The van der Waals surface area contributed by atoms with Crippen molar-refractivity contribution in [1.29, 1.82) is 0 Å². The average Bonchev–Trinajstić information content (AvgIpc) is 2.53. The molecule has 0 fully saturated rings. The van der Waals surface area contributed by atoms with Crippen LogP contribution in [0.4, 0.5) is 0 Å². The molecule has 2 N–H and O–H groups in total. The first-order valence-electron chi connectivity index (χ1n) is 7.41. The van der Waals surface area contributed by atoms with Gasteiger partial charge in [-0.25, -0.2) is 0 Å². The minimum absolute atomic E-state index is 0.0813. The summed E-state index contributed by atoms with van der Waals surface area (Å²) in [4.78, 5) is 14.4. The van der Waals surface area contributed by atoms with Crippen LogP contribution in [-0.2, 0) is 0 Å². The maximum Gasteiger partial charge on any atom is 0.251 e. The second-order valence-electron chi connectivity index (χ2n) is 4.68. The predicted molar refractivity (Wildman–Crippen MR) is 85.1 cm³/mol. The number of carbonyl (C=O) groups excluding carboxylic acids is 1. The van der Waals surface area contributed by atoms with E-state index in [0.717, 1.165) is 31.6 Å². The molecule has 21 heavy (non-hydrogen) atoms. The molecule has 1 amide bonds. The third kappa shape index (κ3) is 6.44. The van der Waals surface area contributed by atoms with Crippen LogP contribution in [0.1, 0.15) is 36.2 Å². The van der Waals surface area contributed by atoms with E-state index in [0.29, 0.717) is 12.1 Å². The lowest BCUT2D eigenvalue weighted by atomic mass is 10.1. The highest BCUT2D eigenvalue weighted by Gasteiger charge is 2.05. The molecule has 0 radical (unpaired) electrons. The van der Waals surface area contributed by atoms with Crippen molar-refractivity contribution in [3.8, 4) is 11.8 Å². The summed E-state index contributed by atoms with van der Waals surface area (Å²) in [5, 5.41) is 11.6. The Labute approximate surface area is 127 Å². The Morgan fingerprint density at radius 3 is 2.76 bits per heavy atom. The number of aliphatic hydroxyl groups is 1. The van der Waals surface area contributed by atoms with Crippen molar-refractivity contribution in [3.05, 3.63) is 35.4 Å². The fourth-order valence-corrected chi connectivity index (χ4v) is 2.03. The van der Waals surface area contributed by atoms with Crippen molar-refractivity contribution in [3.63, 3.8) is 0 Å². The van der Waals surface area contributed by atoms with Crippen molar-refractivity contribution < 1.29 is 9.90 Å². The molecule has 0 unspecified atom stereocenters. The zero-order valence-electron chi connectivity index (χ0n) is 12.9. The van der Waals surface area contributed by atoms with Gasteiger partial charge in [-0.2, -0.15) is 0 Å². The first-order valence-corrected chi connectivity index (χ1v) is 7.41. The minimum atomic E-state index is -0.179. The summed E-state index contributed by atoms with van der Waals surface area (Å²) < 4.78 is 0. The molecule has 0 aliphatic rings. The molecule has 4 nitrogen and oxygen atoms in total. The number of hydrogen-bond donors (Lipinski definition) is 2. The van der Waals surface area contributed by atoms with Crippen LogP contribution in [0, 0.1) is 11.8 Å². The highest BCUT2D eigenvalue weighted by Crippen LogP contribution is 2.04. The minimum Gasteiger partial charge on any atom is -0.384 e. The van der Waals surface area contributed by atoms with E-state index in [1.54, 1.807) is 18.2 Å². The number of nitrogens with one attached hydrogen (secondary N) is 1. The summed E-state index contributed by atoms with van der Waals surface area (Å²) in [7, 11) is 0. The molecule has 0 aliphatic carbocycles. The number of amides is 1. The van der Waals surface area contributed by atoms with Crippen molar-refractivity contribution in [2.75, 3.05) is 32.8 Å². The Balaban J connectivity index is 2.45. The van der Waals surface area contributed by atoms with Gasteiger partial charge in [0.05, 0.1) is 0 Å². The van der Waals surface area contributed by atoms with Crippen LogP contribution in [0.3, 0.4) is 0 Å². The largest absolute Gasteiger partial charge is 0.384 e. The summed E-state index contributed by atoms with van der Waals surface area (Å²) in [6.07, 6.45) is 0.942. The van der Waals surface area contributed by atoms with Crippen LogP contribution >= 0.6 is 0 Å². The Kier molecular flexibility index (Phi) is 8.18. The molecular formula is C17H24N2O2. The summed E-state index contributed by atoms with van der Waals surface area (Å²) in [6.45, 7) is 7.84. The topological polar surface area (TPSA) is 52.6 Å². The third-order valence-electron chi connectivity index (χ3n) is 3.27. The van der Waals surface area contributed by atoms with Crippen molar-refractivity contribution in [1.82, 2.24) is 10.2 Å². The second-order valence-corrected chi connectivity index (χ2v) is 4.68. The Hall–Kier alpha value is -1.83. The fourth-order valence-electron chi connectivity index (χ4n) is 2.03. The van der Waals surface area contributed by atoms with E-state index in [9.17, 15) is 4.79 Å². The Morgan fingerprint density at radius 2 is 2.10 bits per heavy atom. The quantitative estimate of drug-likeness (QED) is 0.590. The second kappa shape index (κ2) is 9.98. The van der Waals surface area contributed by atoms with Crippen LogP contribution < -0.4 is 5.32 Å². The smallest absolute Gasteiger partial charge is 0.251 e. The summed E-state index contributed by atoms with van der Waals surface area (Å²) in [6, 6.07) is 7.12. The molecular weight excluding hydrogens is 264 g/mol. The highest BCUT2D eigenvalue weighted by atomic mass is 16.2. The normalized spacial score (nSPS) is 10.1. The van der Waals surface area contributed by atoms with E-state index >= 15 is 0 Å². The number of hydrogen-bond acceptors (Lipinski definition) is 3. The summed E-state index contributed by atoms with van der Waals surface area (Å²) in [5.41, 5.74) is 1.34. The van der Waals surface area contributed by atoms with Gasteiger partial charge in [0.15, 0.2) is 0 Å². The van der Waals surface area contributed by atoms with Gasteiger partial charge in [-0.1, -0.05) is 31.8 Å². The highest BCUT2D eigenvalue weighted by molar-refractivity contribution is 5.94. The molecule has 1 aromatic carbocycles. The molecule has 0 aliphatic heterocycles. The Bertz CT molecular complexity index is 499. The monoisotopic (exact) mass is 288 g/mol. The molecule has 0 bridgehead atoms. The SMILES string of the molecule is CCN(CC)CCCNC(=O)c1cccc(C#CCO)c1. The zero-order valence-corrected chi connectivity index (χ0v) is 12.9. The van der Waals surface area contributed by atoms with Gasteiger partial charge in [-0.3, -0.25) is 4.79 Å². The molecule has 1 aromatic rings. The zero-order chi connectivity index (χ0) is 15.5. The van der Waals surface area contributed by atoms with E-state index in [4.69, 9.17) is 5.11 Å². The number of rotatable bonds is 7. The van der Waals surface area contributed by atoms with Gasteiger partial charge in [-0.15, -0.1) is 0 Å². The van der Waals surface area contributed by atoms with E-state index in [-0.39, 0.29) is 12.5 Å². The first kappa shape index (κ1) is 17.2. The predicted octanol–water partition coefficient (Wildman–Crippen LogP) is 1.49. The molecule has 0 saturated heterocycles. The lowest BCUT2D eigenvalue weighted by Gasteiger charge is -2.17. The average molecular weight is 288 g/mol. The Morgan fingerprint density at radius 1 is 1.33 bits per heavy atom. The molecule has 0 spiro atoms. The molecule has 4 heteroatoms. The summed E-state index contributed by atoms with van der Waals surface area (Å²) in [5.74, 6) is 5.30. The van der Waals surface area contributed by atoms with E-state index in [1.165, 1.54) is 0 Å². The number of aliphatic hydroxyl groups excluding tert-OH is 1. The lowest BCUT2D eigenvalue weighted by Crippen LogP contribution is -2.29. The van der Waals surface area contributed by atoms with E-state index in [2.05, 4.69) is 35.9 Å². The molecule has 0 saturated carbocycles. The standard InChI is InChI=1S/C17H24N2O2/c1-3-19(4-2)12-7-11-18-17(21)16-10-5-8-15(14-16)9-6-13-20/h5,8,10,14,20H,3-4,7,11-13H2,1-2H3,(H,18,21). The van der Waals surface area contributed by atoms with Gasteiger partial charge in [0, 0.05) is 17.7 Å². The van der Waals surface area contributed by atoms with Crippen molar-refractivity contribution in [2.45, 2.75) is 20.3 Å².